The molecule has 0 aliphatic heterocycles. The van der Waals surface area contributed by atoms with Crippen LogP contribution in [0.5, 0.6) is 0 Å². The average Bonchev–Trinajstić information content (AvgIpc) is 2.31. The quantitative estimate of drug-likeness (QED) is 0.843. The Kier molecular flexibility index (Phi) is 2.99. The molecule has 0 aliphatic carbocycles. The lowest BCUT2D eigenvalue weighted by atomic mass is 10.1. The number of benzene rings is 1. The molecule has 3 heteroatoms. The van der Waals surface area contributed by atoms with Crippen LogP contribution in [0.15, 0.2) is 42.5 Å². The van der Waals surface area contributed by atoms with Crippen molar-refractivity contribution in [2.24, 2.45) is 0 Å². The van der Waals surface area contributed by atoms with Crippen molar-refractivity contribution < 1.29 is 5.11 Å². The molecular formula is C12H10ClNO. The molecule has 0 unspecified atom stereocenters. The molecule has 76 valence electrons. The highest BCUT2D eigenvalue weighted by Gasteiger charge is 2.03. The monoisotopic (exact) mass is 219 g/mol. The van der Waals surface area contributed by atoms with Gasteiger partial charge in [0.15, 0.2) is 0 Å². The van der Waals surface area contributed by atoms with Crippen LogP contribution in [0.1, 0.15) is 5.69 Å². The van der Waals surface area contributed by atoms with E-state index in [0.29, 0.717) is 10.7 Å². The molecule has 1 N–H and O–H groups in total. The standard InChI is InChI=1S/C12H10ClNO/c13-10-6-7-11(14-12(10)8-15)9-4-2-1-3-5-9/h1-7,15H,8H2. The third kappa shape index (κ3) is 2.17. The molecule has 0 saturated carbocycles. The van der Waals surface area contributed by atoms with Crippen LogP contribution in [0.4, 0.5) is 0 Å². The number of nitrogens with zero attached hydrogens (tertiary/aromatic N) is 1. The van der Waals surface area contributed by atoms with Crippen molar-refractivity contribution in [1.82, 2.24) is 4.98 Å². The van der Waals surface area contributed by atoms with E-state index in [1.807, 2.05) is 36.4 Å². The van der Waals surface area contributed by atoms with Gasteiger partial charge in [0.05, 0.1) is 23.0 Å². The van der Waals surface area contributed by atoms with Crippen molar-refractivity contribution in [3.8, 4) is 11.3 Å². The van der Waals surface area contributed by atoms with Crippen LogP contribution in [0.25, 0.3) is 11.3 Å². The van der Waals surface area contributed by atoms with Crippen LogP contribution < -0.4 is 0 Å². The fourth-order valence-corrected chi connectivity index (χ4v) is 1.53. The third-order valence-electron chi connectivity index (χ3n) is 2.14. The molecule has 0 saturated heterocycles. The molecule has 0 aliphatic rings. The van der Waals surface area contributed by atoms with Gasteiger partial charge in [0.2, 0.25) is 0 Å². The van der Waals surface area contributed by atoms with E-state index in [0.717, 1.165) is 11.3 Å². The maximum atomic E-state index is 9.04. The summed E-state index contributed by atoms with van der Waals surface area (Å²) in [7, 11) is 0. The largest absolute Gasteiger partial charge is 0.390 e. The second-order valence-electron chi connectivity index (χ2n) is 3.15. The summed E-state index contributed by atoms with van der Waals surface area (Å²) in [6.07, 6.45) is 0. The molecule has 1 heterocycles. The second kappa shape index (κ2) is 4.43. The molecule has 0 spiro atoms. The van der Waals surface area contributed by atoms with Gasteiger partial charge in [-0.05, 0) is 12.1 Å². The Morgan fingerprint density at radius 2 is 1.80 bits per heavy atom. The van der Waals surface area contributed by atoms with Gasteiger partial charge < -0.3 is 5.11 Å². The van der Waals surface area contributed by atoms with Crippen LogP contribution in [-0.2, 0) is 6.61 Å². The molecule has 0 fully saturated rings. The lowest BCUT2D eigenvalue weighted by molar-refractivity contribution is 0.277. The zero-order valence-electron chi connectivity index (χ0n) is 8.02. The number of hydrogen-bond acceptors (Lipinski definition) is 2. The first-order chi connectivity index (χ1) is 7.31. The van der Waals surface area contributed by atoms with Crippen LogP contribution in [0.3, 0.4) is 0 Å². The smallest absolute Gasteiger partial charge is 0.0868 e. The number of aromatic nitrogens is 1. The van der Waals surface area contributed by atoms with Crippen LogP contribution in [0, 0.1) is 0 Å². The minimum atomic E-state index is -0.139. The van der Waals surface area contributed by atoms with Crippen LogP contribution >= 0.6 is 11.6 Å². The van der Waals surface area contributed by atoms with Gasteiger partial charge in [-0.1, -0.05) is 41.9 Å². The van der Waals surface area contributed by atoms with Gasteiger partial charge in [0, 0.05) is 5.56 Å². The molecule has 0 atom stereocenters. The minimum Gasteiger partial charge on any atom is -0.390 e. The van der Waals surface area contributed by atoms with E-state index in [9.17, 15) is 0 Å². The number of aliphatic hydroxyl groups excluding tert-OH is 1. The van der Waals surface area contributed by atoms with Gasteiger partial charge in [-0.15, -0.1) is 0 Å². The number of hydrogen-bond donors (Lipinski definition) is 1. The fourth-order valence-electron chi connectivity index (χ4n) is 1.36. The lowest BCUT2D eigenvalue weighted by Crippen LogP contribution is -1.92. The summed E-state index contributed by atoms with van der Waals surface area (Å²) < 4.78 is 0. The predicted octanol–water partition coefficient (Wildman–Crippen LogP) is 2.89. The predicted molar refractivity (Wildman–Crippen MR) is 60.6 cm³/mol. The molecule has 0 bridgehead atoms. The van der Waals surface area contributed by atoms with Gasteiger partial charge in [-0.3, -0.25) is 0 Å². The second-order valence-corrected chi connectivity index (χ2v) is 3.56. The summed E-state index contributed by atoms with van der Waals surface area (Å²) in [6.45, 7) is -0.139. The summed E-state index contributed by atoms with van der Waals surface area (Å²) in [6, 6.07) is 13.4. The average molecular weight is 220 g/mol. The highest BCUT2D eigenvalue weighted by atomic mass is 35.5. The zero-order chi connectivity index (χ0) is 10.7. The Morgan fingerprint density at radius 1 is 1.07 bits per heavy atom. The van der Waals surface area contributed by atoms with Crippen molar-refractivity contribution in [2.75, 3.05) is 0 Å². The molecule has 15 heavy (non-hydrogen) atoms. The number of rotatable bonds is 2. The maximum absolute atomic E-state index is 9.04. The minimum absolute atomic E-state index is 0.139. The van der Waals surface area contributed by atoms with E-state index in [1.54, 1.807) is 6.07 Å². The molecular weight excluding hydrogens is 210 g/mol. The maximum Gasteiger partial charge on any atom is 0.0868 e. The van der Waals surface area contributed by atoms with E-state index in [1.165, 1.54) is 0 Å². The van der Waals surface area contributed by atoms with Crippen molar-refractivity contribution in [3.05, 3.63) is 53.2 Å². The molecule has 0 amide bonds. The Labute approximate surface area is 93.2 Å². The molecule has 1 aromatic carbocycles. The van der Waals surface area contributed by atoms with Crippen molar-refractivity contribution in [2.45, 2.75) is 6.61 Å². The van der Waals surface area contributed by atoms with Crippen molar-refractivity contribution in [3.63, 3.8) is 0 Å². The molecule has 2 nitrogen and oxygen atoms in total. The fraction of sp³-hybridized carbons (Fsp3) is 0.0833. The molecule has 2 aromatic rings. The first-order valence-electron chi connectivity index (χ1n) is 4.63. The first kappa shape index (κ1) is 10.1. The van der Waals surface area contributed by atoms with E-state index < -0.39 is 0 Å². The molecule has 1 aromatic heterocycles. The van der Waals surface area contributed by atoms with Crippen LogP contribution in [-0.4, -0.2) is 10.1 Å². The van der Waals surface area contributed by atoms with Gasteiger partial charge >= 0.3 is 0 Å². The summed E-state index contributed by atoms with van der Waals surface area (Å²) in [5, 5.41) is 9.54. The highest BCUT2D eigenvalue weighted by Crippen LogP contribution is 2.21. The first-order valence-corrected chi connectivity index (χ1v) is 5.01. The molecule has 2 rings (SSSR count). The van der Waals surface area contributed by atoms with Gasteiger partial charge in [-0.2, -0.15) is 0 Å². The lowest BCUT2D eigenvalue weighted by Gasteiger charge is -2.04. The third-order valence-corrected chi connectivity index (χ3v) is 2.48. The normalized spacial score (nSPS) is 10.3. The topological polar surface area (TPSA) is 33.1 Å². The van der Waals surface area contributed by atoms with Gasteiger partial charge in [0.1, 0.15) is 0 Å². The van der Waals surface area contributed by atoms with E-state index in [-0.39, 0.29) is 6.61 Å². The molecule has 0 radical (unpaired) electrons. The van der Waals surface area contributed by atoms with E-state index >= 15 is 0 Å². The van der Waals surface area contributed by atoms with E-state index in [4.69, 9.17) is 16.7 Å². The summed E-state index contributed by atoms with van der Waals surface area (Å²) in [4.78, 5) is 4.28. The summed E-state index contributed by atoms with van der Waals surface area (Å²) >= 11 is 5.86. The summed E-state index contributed by atoms with van der Waals surface area (Å²) in [5.74, 6) is 0. The Morgan fingerprint density at radius 3 is 2.47 bits per heavy atom. The van der Waals surface area contributed by atoms with Gasteiger partial charge in [0.25, 0.3) is 0 Å². The van der Waals surface area contributed by atoms with Crippen molar-refractivity contribution in [1.29, 1.82) is 0 Å². The number of aliphatic hydroxyl groups is 1. The number of pyridine rings is 1. The Hall–Kier alpha value is -1.38. The van der Waals surface area contributed by atoms with E-state index in [2.05, 4.69) is 4.98 Å². The SMILES string of the molecule is OCc1nc(-c2ccccc2)ccc1Cl. The summed E-state index contributed by atoms with van der Waals surface area (Å²) in [5.41, 5.74) is 2.35. The van der Waals surface area contributed by atoms with Gasteiger partial charge in [-0.25, -0.2) is 4.98 Å². The highest BCUT2D eigenvalue weighted by molar-refractivity contribution is 6.31. The Bertz CT molecular complexity index is 456. The zero-order valence-corrected chi connectivity index (χ0v) is 8.78. The van der Waals surface area contributed by atoms with Crippen LogP contribution in [0.2, 0.25) is 5.02 Å². The Balaban J connectivity index is 2.46. The number of halogens is 1. The van der Waals surface area contributed by atoms with Crippen molar-refractivity contribution >= 4 is 11.6 Å².